The predicted octanol–water partition coefficient (Wildman–Crippen LogP) is 3.30. The van der Waals surface area contributed by atoms with E-state index in [1.807, 2.05) is 23.6 Å². The van der Waals surface area contributed by atoms with Crippen molar-refractivity contribution in [2.75, 3.05) is 4.90 Å². The van der Waals surface area contributed by atoms with Crippen LogP contribution in [0, 0.1) is 0 Å². The van der Waals surface area contributed by atoms with E-state index in [-0.39, 0.29) is 23.7 Å². The fourth-order valence-corrected chi connectivity index (χ4v) is 4.21. The highest BCUT2D eigenvalue weighted by atomic mass is 32.1. The molecular formula is C22H16N2O4S. The first-order chi connectivity index (χ1) is 14.0. The van der Waals surface area contributed by atoms with Gasteiger partial charge in [-0.3, -0.25) is 14.4 Å². The standard InChI is InChI=1S/C22H16N2O4S/c23-22(28)24-17-9-8-14(20(26)13-5-2-1-3-6-13)11-16(17)19(21(24)27)18(25)12-15-7-4-10-29-15/h1-11,19H,12H2,(H2,23,28). The minimum absolute atomic E-state index is 0.0664. The lowest BCUT2D eigenvalue weighted by atomic mass is 9.91. The predicted molar refractivity (Wildman–Crippen MR) is 109 cm³/mol. The average Bonchev–Trinajstić information content (AvgIpc) is 3.32. The van der Waals surface area contributed by atoms with Crippen molar-refractivity contribution in [2.45, 2.75) is 12.3 Å². The molecule has 0 saturated heterocycles. The number of carbonyl (C=O) groups excluding carboxylic acids is 4. The molecule has 1 atom stereocenters. The van der Waals surface area contributed by atoms with Crippen LogP contribution in [-0.2, 0) is 16.0 Å². The van der Waals surface area contributed by atoms with Crippen molar-refractivity contribution in [3.8, 4) is 0 Å². The number of ketones is 2. The van der Waals surface area contributed by atoms with Crippen molar-refractivity contribution in [3.63, 3.8) is 0 Å². The van der Waals surface area contributed by atoms with Gasteiger partial charge in [0.1, 0.15) is 5.92 Å². The minimum atomic E-state index is -1.16. The molecule has 7 heteroatoms. The third-order valence-electron chi connectivity index (χ3n) is 4.82. The highest BCUT2D eigenvalue weighted by Crippen LogP contribution is 2.39. The summed E-state index contributed by atoms with van der Waals surface area (Å²) in [5.74, 6) is -2.42. The largest absolute Gasteiger partial charge is 0.351 e. The second kappa shape index (κ2) is 7.44. The lowest BCUT2D eigenvalue weighted by Crippen LogP contribution is -2.40. The fraction of sp³-hybridized carbons (Fsp3) is 0.0909. The number of primary amides is 1. The van der Waals surface area contributed by atoms with Gasteiger partial charge < -0.3 is 5.73 Å². The van der Waals surface area contributed by atoms with Crippen LogP contribution < -0.4 is 10.6 Å². The van der Waals surface area contributed by atoms with Crippen LogP contribution in [-0.4, -0.2) is 23.5 Å². The number of amides is 3. The van der Waals surface area contributed by atoms with Crippen LogP contribution >= 0.6 is 11.3 Å². The molecule has 1 unspecified atom stereocenters. The summed E-state index contributed by atoms with van der Waals surface area (Å²) in [6.45, 7) is 0. The van der Waals surface area contributed by atoms with E-state index in [9.17, 15) is 19.2 Å². The molecular weight excluding hydrogens is 388 g/mol. The molecule has 3 amide bonds. The first-order valence-electron chi connectivity index (χ1n) is 8.89. The Hall–Kier alpha value is -3.58. The molecule has 0 spiro atoms. The molecule has 0 bridgehead atoms. The van der Waals surface area contributed by atoms with Gasteiger partial charge in [0.2, 0.25) is 5.91 Å². The van der Waals surface area contributed by atoms with E-state index in [0.29, 0.717) is 16.7 Å². The van der Waals surface area contributed by atoms with Gasteiger partial charge in [0.15, 0.2) is 11.6 Å². The van der Waals surface area contributed by atoms with E-state index < -0.39 is 17.9 Å². The Morgan fingerprint density at radius 3 is 2.38 bits per heavy atom. The van der Waals surface area contributed by atoms with Gasteiger partial charge in [-0.25, -0.2) is 9.69 Å². The zero-order chi connectivity index (χ0) is 20.5. The summed E-state index contributed by atoms with van der Waals surface area (Å²) in [7, 11) is 0. The maximum Gasteiger partial charge on any atom is 0.326 e. The summed E-state index contributed by atoms with van der Waals surface area (Å²) < 4.78 is 0. The maximum atomic E-state index is 12.9. The molecule has 2 N–H and O–H groups in total. The van der Waals surface area contributed by atoms with Gasteiger partial charge in [0.05, 0.1) is 5.69 Å². The number of nitrogens with two attached hydrogens (primary N) is 1. The number of Topliss-reactive ketones (excluding diaryl/α,β-unsaturated/α-hetero) is 1. The zero-order valence-electron chi connectivity index (χ0n) is 15.2. The van der Waals surface area contributed by atoms with E-state index >= 15 is 0 Å². The smallest absolute Gasteiger partial charge is 0.326 e. The lowest BCUT2D eigenvalue weighted by Gasteiger charge is -2.12. The quantitative estimate of drug-likeness (QED) is 0.521. The van der Waals surface area contributed by atoms with Gasteiger partial charge in [-0.15, -0.1) is 11.3 Å². The van der Waals surface area contributed by atoms with E-state index in [2.05, 4.69) is 0 Å². The van der Waals surface area contributed by atoms with Gasteiger partial charge in [-0.2, -0.15) is 0 Å². The first kappa shape index (κ1) is 18.8. The maximum absolute atomic E-state index is 12.9. The molecule has 1 aromatic heterocycles. The first-order valence-corrected chi connectivity index (χ1v) is 9.77. The van der Waals surface area contributed by atoms with Crippen LogP contribution in [0.25, 0.3) is 0 Å². The topological polar surface area (TPSA) is 97.5 Å². The van der Waals surface area contributed by atoms with Crippen LogP contribution in [0.2, 0.25) is 0 Å². The number of thiophene rings is 1. The second-order valence-corrected chi connectivity index (χ2v) is 7.67. The third-order valence-corrected chi connectivity index (χ3v) is 5.69. The van der Waals surface area contributed by atoms with E-state index in [0.717, 1.165) is 9.78 Å². The Bertz CT molecular complexity index is 1120. The van der Waals surface area contributed by atoms with Crippen molar-refractivity contribution in [2.24, 2.45) is 5.73 Å². The Kier molecular flexibility index (Phi) is 4.82. The molecule has 1 aliphatic heterocycles. The van der Waals surface area contributed by atoms with Gasteiger partial charge in [-0.05, 0) is 35.2 Å². The summed E-state index contributed by atoms with van der Waals surface area (Å²) in [4.78, 5) is 52.1. The van der Waals surface area contributed by atoms with Crippen molar-refractivity contribution >= 4 is 40.5 Å². The number of imide groups is 1. The Morgan fingerprint density at radius 2 is 1.72 bits per heavy atom. The molecule has 29 heavy (non-hydrogen) atoms. The highest BCUT2D eigenvalue weighted by Gasteiger charge is 2.44. The Balaban J connectivity index is 1.75. The van der Waals surface area contributed by atoms with Crippen molar-refractivity contribution < 1.29 is 19.2 Å². The molecule has 6 nitrogen and oxygen atoms in total. The summed E-state index contributed by atoms with van der Waals surface area (Å²) in [6, 6.07) is 15.9. The normalized spacial score (nSPS) is 15.2. The summed E-state index contributed by atoms with van der Waals surface area (Å²) >= 11 is 1.41. The molecule has 2 aromatic carbocycles. The van der Waals surface area contributed by atoms with Crippen LogP contribution in [0.15, 0.2) is 66.0 Å². The molecule has 4 rings (SSSR count). The molecule has 0 saturated carbocycles. The number of benzene rings is 2. The van der Waals surface area contributed by atoms with Gasteiger partial charge >= 0.3 is 6.03 Å². The molecule has 0 aliphatic carbocycles. The second-order valence-electron chi connectivity index (χ2n) is 6.64. The number of nitrogens with zero attached hydrogens (tertiary/aromatic N) is 1. The Morgan fingerprint density at radius 1 is 0.966 bits per heavy atom. The number of urea groups is 1. The van der Waals surface area contributed by atoms with Crippen LogP contribution in [0.3, 0.4) is 0 Å². The fourth-order valence-electron chi connectivity index (χ4n) is 3.49. The van der Waals surface area contributed by atoms with Gasteiger partial charge in [-0.1, -0.05) is 36.4 Å². The molecule has 3 aromatic rings. The van der Waals surface area contributed by atoms with E-state index in [4.69, 9.17) is 5.73 Å². The number of hydrogen-bond donors (Lipinski definition) is 1. The summed E-state index contributed by atoms with van der Waals surface area (Å²) in [5.41, 5.74) is 6.78. The third kappa shape index (κ3) is 3.36. The number of carbonyl (C=O) groups is 4. The van der Waals surface area contributed by atoms with Crippen molar-refractivity contribution in [3.05, 3.63) is 87.6 Å². The average molecular weight is 404 g/mol. The number of rotatable bonds is 5. The molecule has 0 radical (unpaired) electrons. The number of anilines is 1. The number of hydrogen-bond acceptors (Lipinski definition) is 5. The molecule has 2 heterocycles. The molecule has 0 fully saturated rings. The highest BCUT2D eigenvalue weighted by molar-refractivity contribution is 7.10. The lowest BCUT2D eigenvalue weighted by molar-refractivity contribution is -0.127. The molecule has 144 valence electrons. The van der Waals surface area contributed by atoms with Crippen molar-refractivity contribution in [1.82, 2.24) is 0 Å². The molecule has 1 aliphatic rings. The van der Waals surface area contributed by atoms with Crippen LogP contribution in [0.5, 0.6) is 0 Å². The Labute approximate surface area is 170 Å². The monoisotopic (exact) mass is 404 g/mol. The van der Waals surface area contributed by atoms with Crippen molar-refractivity contribution in [1.29, 1.82) is 0 Å². The summed E-state index contributed by atoms with van der Waals surface area (Å²) in [5, 5.41) is 1.85. The number of fused-ring (bicyclic) bond motifs is 1. The summed E-state index contributed by atoms with van der Waals surface area (Å²) in [6.07, 6.45) is 0.0664. The van der Waals surface area contributed by atoms with E-state index in [1.54, 1.807) is 24.3 Å². The van der Waals surface area contributed by atoms with Gasteiger partial charge in [0, 0.05) is 22.4 Å². The van der Waals surface area contributed by atoms with Crippen LogP contribution in [0.4, 0.5) is 10.5 Å². The zero-order valence-corrected chi connectivity index (χ0v) is 16.0. The minimum Gasteiger partial charge on any atom is -0.351 e. The van der Waals surface area contributed by atoms with E-state index in [1.165, 1.54) is 29.5 Å². The SMILES string of the molecule is NC(=O)N1C(=O)C(C(=O)Cc2cccs2)c2cc(C(=O)c3ccccc3)ccc21. The van der Waals surface area contributed by atoms with Gasteiger partial charge in [0.25, 0.3) is 0 Å². The van der Waals surface area contributed by atoms with Crippen LogP contribution in [0.1, 0.15) is 32.3 Å².